The van der Waals surface area contributed by atoms with Crippen molar-refractivity contribution in [3.05, 3.63) is 76.0 Å². The summed E-state index contributed by atoms with van der Waals surface area (Å²) in [5.41, 5.74) is 1.97. The minimum absolute atomic E-state index is 0.459. The predicted molar refractivity (Wildman–Crippen MR) is 80.1 cm³/mol. The van der Waals surface area contributed by atoms with Crippen molar-refractivity contribution in [3.8, 4) is 11.5 Å². The van der Waals surface area contributed by atoms with Crippen molar-refractivity contribution >= 4 is 5.57 Å². The van der Waals surface area contributed by atoms with Crippen molar-refractivity contribution < 1.29 is 14.4 Å². The Balaban J connectivity index is 2.55. The van der Waals surface area contributed by atoms with Gasteiger partial charge in [0, 0.05) is 0 Å². The Morgan fingerprint density at radius 1 is 1.00 bits per heavy atom. The van der Waals surface area contributed by atoms with Gasteiger partial charge in [-0.05, 0) is 23.3 Å². The number of rotatable bonds is 5. The quantitative estimate of drug-likeness (QED) is 0.624. The second-order valence-electron chi connectivity index (χ2n) is 4.26. The molecule has 0 unspecified atom stereocenters. The molecular weight excluding hydrogens is 270 g/mol. The van der Waals surface area contributed by atoms with Crippen molar-refractivity contribution in [2.45, 2.75) is 0 Å². The van der Waals surface area contributed by atoms with Crippen molar-refractivity contribution in [2.75, 3.05) is 14.2 Å². The molecule has 0 saturated carbocycles. The van der Waals surface area contributed by atoms with Gasteiger partial charge < -0.3 is 9.47 Å². The van der Waals surface area contributed by atoms with E-state index in [9.17, 15) is 10.1 Å². The third-order valence-corrected chi connectivity index (χ3v) is 3.01. The molecule has 0 amide bonds. The van der Waals surface area contributed by atoms with Crippen molar-refractivity contribution in [1.29, 1.82) is 0 Å². The lowest BCUT2D eigenvalue weighted by atomic mass is 9.98. The van der Waals surface area contributed by atoms with E-state index in [4.69, 9.17) is 9.47 Å². The topological polar surface area (TPSA) is 61.6 Å². The Bertz CT molecular complexity index is 665. The summed E-state index contributed by atoms with van der Waals surface area (Å²) in [5.74, 6) is 1.11. The minimum Gasteiger partial charge on any atom is -0.493 e. The summed E-state index contributed by atoms with van der Waals surface area (Å²) in [5, 5.41) is 10.9. The van der Waals surface area contributed by atoms with Crippen LogP contribution in [0.3, 0.4) is 0 Å². The first-order valence-corrected chi connectivity index (χ1v) is 6.29. The molecule has 0 aromatic heterocycles. The van der Waals surface area contributed by atoms with Crippen LogP contribution in [-0.2, 0) is 0 Å². The van der Waals surface area contributed by atoms with E-state index in [2.05, 4.69) is 0 Å². The second kappa shape index (κ2) is 6.56. The molecule has 2 aromatic rings. The summed E-state index contributed by atoms with van der Waals surface area (Å²) in [6.45, 7) is 0. The zero-order valence-corrected chi connectivity index (χ0v) is 11.8. The molecule has 0 fully saturated rings. The van der Waals surface area contributed by atoms with Crippen LogP contribution < -0.4 is 9.47 Å². The first-order valence-electron chi connectivity index (χ1n) is 6.29. The van der Waals surface area contributed by atoms with Crippen LogP contribution in [0, 0.1) is 10.1 Å². The van der Waals surface area contributed by atoms with E-state index in [1.165, 1.54) is 7.11 Å². The van der Waals surface area contributed by atoms with E-state index in [0.717, 1.165) is 11.8 Å². The maximum absolute atomic E-state index is 10.9. The molecule has 0 spiro atoms. The summed E-state index contributed by atoms with van der Waals surface area (Å²) < 4.78 is 10.4. The highest BCUT2D eigenvalue weighted by molar-refractivity contribution is 5.80. The largest absolute Gasteiger partial charge is 0.493 e. The lowest BCUT2D eigenvalue weighted by Crippen LogP contribution is -1.96. The number of hydrogen-bond donors (Lipinski definition) is 0. The van der Waals surface area contributed by atoms with Crippen molar-refractivity contribution in [2.24, 2.45) is 0 Å². The molecule has 5 heteroatoms. The highest BCUT2D eigenvalue weighted by Gasteiger charge is 2.13. The molecule has 108 valence electrons. The fraction of sp³-hybridized carbons (Fsp3) is 0.125. The van der Waals surface area contributed by atoms with Gasteiger partial charge in [-0.25, -0.2) is 0 Å². The molecule has 0 radical (unpaired) electrons. The van der Waals surface area contributed by atoms with Crippen LogP contribution in [0.15, 0.2) is 54.7 Å². The van der Waals surface area contributed by atoms with Gasteiger partial charge in [0.1, 0.15) is 0 Å². The molecule has 5 nitrogen and oxygen atoms in total. The van der Waals surface area contributed by atoms with Gasteiger partial charge >= 0.3 is 0 Å². The van der Waals surface area contributed by atoms with Crippen molar-refractivity contribution in [3.63, 3.8) is 0 Å². The summed E-state index contributed by atoms with van der Waals surface area (Å²) in [6.07, 6.45) is 0.997. The Labute approximate surface area is 122 Å². The Kier molecular flexibility index (Phi) is 4.56. The van der Waals surface area contributed by atoms with E-state index >= 15 is 0 Å². The molecule has 0 atom stereocenters. The average Bonchev–Trinajstić information content (AvgIpc) is 2.52. The van der Waals surface area contributed by atoms with Gasteiger partial charge in [-0.2, -0.15) is 0 Å². The van der Waals surface area contributed by atoms with E-state index < -0.39 is 4.92 Å². The molecule has 0 aliphatic rings. The van der Waals surface area contributed by atoms with Gasteiger partial charge in [-0.1, -0.05) is 36.4 Å². The number of hydrogen-bond acceptors (Lipinski definition) is 4. The fourth-order valence-electron chi connectivity index (χ4n) is 2.04. The highest BCUT2D eigenvalue weighted by atomic mass is 16.6. The van der Waals surface area contributed by atoms with Crippen LogP contribution in [0.2, 0.25) is 0 Å². The van der Waals surface area contributed by atoms with Crippen LogP contribution in [-0.4, -0.2) is 19.1 Å². The summed E-state index contributed by atoms with van der Waals surface area (Å²) in [7, 11) is 3.07. The van der Waals surface area contributed by atoms with E-state index in [1.54, 1.807) is 25.3 Å². The lowest BCUT2D eigenvalue weighted by molar-refractivity contribution is -0.401. The molecule has 0 N–H and O–H groups in total. The van der Waals surface area contributed by atoms with Crippen LogP contribution in [0.4, 0.5) is 0 Å². The first kappa shape index (κ1) is 14.6. The van der Waals surface area contributed by atoms with Crippen molar-refractivity contribution in [1.82, 2.24) is 0 Å². The third kappa shape index (κ3) is 3.39. The molecule has 0 aliphatic carbocycles. The van der Waals surface area contributed by atoms with Gasteiger partial charge in [0.05, 0.1) is 24.7 Å². The fourth-order valence-corrected chi connectivity index (χ4v) is 2.04. The molecule has 2 aromatic carbocycles. The molecular formula is C16H15NO4. The average molecular weight is 285 g/mol. The SMILES string of the molecule is COc1ccc(/C(=C/[N+](=O)[O-])c2ccccc2)cc1OC. The van der Waals surface area contributed by atoms with Gasteiger partial charge in [-0.3, -0.25) is 10.1 Å². The van der Waals surface area contributed by atoms with Gasteiger partial charge in [0.25, 0.3) is 0 Å². The minimum atomic E-state index is -0.459. The number of ether oxygens (including phenoxy) is 2. The summed E-state index contributed by atoms with van der Waals surface area (Å²) >= 11 is 0. The van der Waals surface area contributed by atoms with Gasteiger partial charge in [0.15, 0.2) is 11.5 Å². The van der Waals surface area contributed by atoms with E-state index in [1.807, 2.05) is 30.3 Å². The maximum Gasteiger partial charge on any atom is 0.242 e. The molecule has 0 saturated heterocycles. The first-order chi connectivity index (χ1) is 10.2. The second-order valence-corrected chi connectivity index (χ2v) is 4.26. The Morgan fingerprint density at radius 2 is 1.67 bits per heavy atom. The third-order valence-electron chi connectivity index (χ3n) is 3.01. The van der Waals surface area contributed by atoms with Gasteiger partial charge in [-0.15, -0.1) is 0 Å². The number of nitro groups is 1. The smallest absolute Gasteiger partial charge is 0.242 e. The number of nitrogens with zero attached hydrogens (tertiary/aromatic N) is 1. The summed E-state index contributed by atoms with van der Waals surface area (Å²) in [6, 6.07) is 14.4. The standard InChI is InChI=1S/C16H15NO4/c1-20-15-9-8-13(10-16(15)21-2)14(11-17(18)19)12-6-4-3-5-7-12/h3-11H,1-2H3/b14-11+. The van der Waals surface area contributed by atoms with E-state index in [0.29, 0.717) is 22.6 Å². The predicted octanol–water partition coefficient (Wildman–Crippen LogP) is 3.37. The van der Waals surface area contributed by atoms with Crippen LogP contribution in [0.25, 0.3) is 5.57 Å². The zero-order valence-electron chi connectivity index (χ0n) is 11.8. The molecule has 21 heavy (non-hydrogen) atoms. The Hall–Kier alpha value is -2.82. The molecule has 0 heterocycles. The van der Waals surface area contributed by atoms with Crippen LogP contribution in [0.1, 0.15) is 11.1 Å². The molecule has 0 aliphatic heterocycles. The normalized spacial score (nSPS) is 11.0. The van der Waals surface area contributed by atoms with E-state index in [-0.39, 0.29) is 0 Å². The summed E-state index contributed by atoms with van der Waals surface area (Å²) in [4.78, 5) is 10.4. The maximum atomic E-state index is 10.9. The Morgan fingerprint density at radius 3 is 2.24 bits per heavy atom. The number of methoxy groups -OCH3 is 2. The van der Waals surface area contributed by atoms with Crippen LogP contribution >= 0.6 is 0 Å². The zero-order chi connectivity index (χ0) is 15.2. The molecule has 2 rings (SSSR count). The van der Waals surface area contributed by atoms with Gasteiger partial charge in [0.2, 0.25) is 6.20 Å². The lowest BCUT2D eigenvalue weighted by Gasteiger charge is -2.11. The number of benzene rings is 2. The highest BCUT2D eigenvalue weighted by Crippen LogP contribution is 2.32. The molecule has 0 bridgehead atoms. The van der Waals surface area contributed by atoms with Crippen LogP contribution in [0.5, 0.6) is 11.5 Å². The monoisotopic (exact) mass is 285 g/mol.